The molecule has 5 nitrogen and oxygen atoms in total. The van der Waals surface area contributed by atoms with Gasteiger partial charge >= 0.3 is 0 Å². The van der Waals surface area contributed by atoms with Crippen LogP contribution in [0.1, 0.15) is 12.2 Å². The number of nitrogens with one attached hydrogen (secondary N) is 2. The van der Waals surface area contributed by atoms with Crippen molar-refractivity contribution in [3.63, 3.8) is 0 Å². The van der Waals surface area contributed by atoms with E-state index in [1.807, 2.05) is 12.1 Å². The molecule has 0 aliphatic carbocycles. The minimum absolute atomic E-state index is 0. The summed E-state index contributed by atoms with van der Waals surface area (Å²) in [5, 5.41) is 6.43. The van der Waals surface area contributed by atoms with Gasteiger partial charge in [-0.2, -0.15) is 0 Å². The van der Waals surface area contributed by atoms with Crippen LogP contribution in [0.3, 0.4) is 0 Å². The SMILES string of the molecule is CN=C(NCc1ccco1)NC1CCN(c2c(F)cccc2F)C1.I. The average Bonchev–Trinajstić information content (AvgIpc) is 3.23. The standard InChI is InChI=1S/C17H20F2N4O.HI/c1-20-17(21-10-13-4-3-9-24-13)22-12-7-8-23(11-12)16-14(18)5-2-6-15(16)19;/h2-6,9,12H,7-8,10-11H2,1H3,(H2,20,21,22);1H. The van der Waals surface area contributed by atoms with Crippen LogP contribution in [0.2, 0.25) is 0 Å². The monoisotopic (exact) mass is 462 g/mol. The zero-order valence-electron chi connectivity index (χ0n) is 13.8. The summed E-state index contributed by atoms with van der Waals surface area (Å²) in [6.07, 6.45) is 2.39. The average molecular weight is 462 g/mol. The van der Waals surface area contributed by atoms with Crippen molar-refractivity contribution in [1.29, 1.82) is 0 Å². The Bertz CT molecular complexity index is 688. The third-order valence-electron chi connectivity index (χ3n) is 4.02. The van der Waals surface area contributed by atoms with Crippen molar-refractivity contribution in [2.45, 2.75) is 19.0 Å². The first-order valence-corrected chi connectivity index (χ1v) is 7.86. The summed E-state index contributed by atoms with van der Waals surface area (Å²) in [6.45, 7) is 1.62. The van der Waals surface area contributed by atoms with Crippen LogP contribution in [0.5, 0.6) is 0 Å². The topological polar surface area (TPSA) is 52.8 Å². The van der Waals surface area contributed by atoms with Crippen LogP contribution in [0.15, 0.2) is 46.0 Å². The summed E-state index contributed by atoms with van der Waals surface area (Å²) in [5.41, 5.74) is 0.0420. The molecular formula is C17H21F2IN4O. The maximum absolute atomic E-state index is 13.9. The molecule has 25 heavy (non-hydrogen) atoms. The molecule has 0 radical (unpaired) electrons. The normalized spacial score (nSPS) is 17.3. The van der Waals surface area contributed by atoms with E-state index in [1.165, 1.54) is 18.2 Å². The van der Waals surface area contributed by atoms with E-state index in [0.717, 1.165) is 12.2 Å². The lowest BCUT2D eigenvalue weighted by Crippen LogP contribution is -2.44. The number of hydrogen-bond acceptors (Lipinski definition) is 3. The Morgan fingerprint density at radius 1 is 1.28 bits per heavy atom. The highest BCUT2D eigenvalue weighted by Crippen LogP contribution is 2.26. The van der Waals surface area contributed by atoms with E-state index in [0.29, 0.717) is 25.6 Å². The largest absolute Gasteiger partial charge is 0.467 e. The Labute approximate surface area is 162 Å². The second-order valence-corrected chi connectivity index (χ2v) is 5.65. The Balaban J connectivity index is 0.00000225. The number of guanidine groups is 1. The lowest BCUT2D eigenvalue weighted by molar-refractivity contribution is 0.500. The molecule has 1 saturated heterocycles. The minimum Gasteiger partial charge on any atom is -0.467 e. The number of nitrogens with zero attached hydrogens (tertiary/aromatic N) is 2. The highest BCUT2D eigenvalue weighted by Gasteiger charge is 2.27. The van der Waals surface area contributed by atoms with Crippen molar-refractivity contribution in [1.82, 2.24) is 10.6 Å². The van der Waals surface area contributed by atoms with Crippen LogP contribution in [-0.4, -0.2) is 32.1 Å². The van der Waals surface area contributed by atoms with Gasteiger partial charge in [0.05, 0.1) is 12.8 Å². The van der Waals surface area contributed by atoms with Gasteiger partial charge in [0, 0.05) is 26.2 Å². The molecule has 0 saturated carbocycles. The summed E-state index contributed by atoms with van der Waals surface area (Å²) < 4.78 is 33.0. The molecule has 2 N–H and O–H groups in total. The molecule has 1 aliphatic rings. The molecule has 1 aromatic carbocycles. The number of halogens is 3. The van der Waals surface area contributed by atoms with Gasteiger partial charge < -0.3 is 20.0 Å². The van der Waals surface area contributed by atoms with E-state index >= 15 is 0 Å². The number of aliphatic imine (C=N–C) groups is 1. The van der Waals surface area contributed by atoms with Crippen molar-refractivity contribution in [2.24, 2.45) is 4.99 Å². The van der Waals surface area contributed by atoms with Gasteiger partial charge in [-0.05, 0) is 30.7 Å². The third-order valence-corrected chi connectivity index (χ3v) is 4.02. The first-order chi connectivity index (χ1) is 11.7. The zero-order valence-corrected chi connectivity index (χ0v) is 16.2. The van der Waals surface area contributed by atoms with Crippen LogP contribution >= 0.6 is 24.0 Å². The fourth-order valence-electron chi connectivity index (χ4n) is 2.84. The van der Waals surface area contributed by atoms with Crippen molar-refractivity contribution in [3.8, 4) is 0 Å². The molecule has 0 amide bonds. The molecule has 1 aromatic heterocycles. The van der Waals surface area contributed by atoms with Gasteiger partial charge in [-0.15, -0.1) is 24.0 Å². The van der Waals surface area contributed by atoms with E-state index in [1.54, 1.807) is 18.2 Å². The van der Waals surface area contributed by atoms with Gasteiger partial charge in [-0.3, -0.25) is 4.99 Å². The molecular weight excluding hydrogens is 441 g/mol. The predicted octanol–water partition coefficient (Wildman–Crippen LogP) is 3.12. The van der Waals surface area contributed by atoms with E-state index < -0.39 is 11.6 Å². The molecule has 3 rings (SSSR count). The van der Waals surface area contributed by atoms with Crippen LogP contribution < -0.4 is 15.5 Å². The minimum atomic E-state index is -0.532. The maximum atomic E-state index is 13.9. The van der Waals surface area contributed by atoms with Crippen LogP contribution in [0.25, 0.3) is 0 Å². The Morgan fingerprint density at radius 2 is 2.04 bits per heavy atom. The first kappa shape index (κ1) is 19.5. The van der Waals surface area contributed by atoms with Gasteiger partial charge in [-0.1, -0.05) is 6.07 Å². The summed E-state index contributed by atoms with van der Waals surface area (Å²) in [7, 11) is 1.68. The predicted molar refractivity (Wildman–Crippen MR) is 104 cm³/mol. The number of anilines is 1. The third kappa shape index (κ3) is 4.83. The molecule has 1 atom stereocenters. The lowest BCUT2D eigenvalue weighted by Gasteiger charge is -2.21. The molecule has 0 spiro atoms. The van der Waals surface area contributed by atoms with Crippen molar-refractivity contribution in [2.75, 3.05) is 25.0 Å². The molecule has 8 heteroatoms. The zero-order chi connectivity index (χ0) is 16.9. The van der Waals surface area contributed by atoms with Gasteiger partial charge in [0.25, 0.3) is 0 Å². The molecule has 1 unspecified atom stereocenters. The highest BCUT2D eigenvalue weighted by atomic mass is 127. The van der Waals surface area contributed by atoms with Gasteiger partial charge in [0.15, 0.2) is 5.96 Å². The highest BCUT2D eigenvalue weighted by molar-refractivity contribution is 14.0. The maximum Gasteiger partial charge on any atom is 0.191 e. The quantitative estimate of drug-likeness (QED) is 0.417. The Morgan fingerprint density at radius 3 is 2.68 bits per heavy atom. The van der Waals surface area contributed by atoms with E-state index in [9.17, 15) is 8.78 Å². The van der Waals surface area contributed by atoms with Crippen molar-refractivity contribution in [3.05, 3.63) is 54.0 Å². The molecule has 136 valence electrons. The van der Waals surface area contributed by atoms with Crippen molar-refractivity contribution < 1.29 is 13.2 Å². The number of benzene rings is 1. The lowest BCUT2D eigenvalue weighted by atomic mass is 10.2. The van der Waals surface area contributed by atoms with Crippen LogP contribution in [-0.2, 0) is 6.54 Å². The molecule has 2 aromatic rings. The summed E-state index contributed by atoms with van der Waals surface area (Å²) in [5.74, 6) is 0.374. The first-order valence-electron chi connectivity index (χ1n) is 7.86. The molecule has 0 bridgehead atoms. The number of rotatable bonds is 4. The molecule has 1 aliphatic heterocycles. The fourth-order valence-corrected chi connectivity index (χ4v) is 2.84. The van der Waals surface area contributed by atoms with E-state index in [4.69, 9.17) is 4.42 Å². The van der Waals surface area contributed by atoms with Gasteiger partial charge in [-0.25, -0.2) is 8.78 Å². The summed E-state index contributed by atoms with van der Waals surface area (Å²) in [6, 6.07) is 7.70. The number of para-hydroxylation sites is 1. The van der Waals surface area contributed by atoms with Gasteiger partial charge in [0.2, 0.25) is 0 Å². The summed E-state index contributed by atoms with van der Waals surface area (Å²) >= 11 is 0. The fraction of sp³-hybridized carbons (Fsp3) is 0.353. The Hall–Kier alpha value is -1.84. The van der Waals surface area contributed by atoms with Gasteiger partial charge in [0.1, 0.15) is 23.1 Å². The van der Waals surface area contributed by atoms with Crippen LogP contribution in [0.4, 0.5) is 14.5 Å². The number of hydrogen-bond donors (Lipinski definition) is 2. The summed E-state index contributed by atoms with van der Waals surface area (Å²) in [4.78, 5) is 5.89. The Kier molecular flexibility index (Phi) is 7.03. The van der Waals surface area contributed by atoms with Crippen LogP contribution in [0, 0.1) is 11.6 Å². The molecule has 2 heterocycles. The second-order valence-electron chi connectivity index (χ2n) is 5.65. The second kappa shape index (κ2) is 9.02. The van der Waals surface area contributed by atoms with E-state index in [-0.39, 0.29) is 35.7 Å². The molecule has 1 fully saturated rings. The smallest absolute Gasteiger partial charge is 0.191 e. The number of furan rings is 1. The van der Waals surface area contributed by atoms with Crippen molar-refractivity contribution >= 4 is 35.6 Å². The van der Waals surface area contributed by atoms with E-state index in [2.05, 4.69) is 15.6 Å².